The lowest BCUT2D eigenvalue weighted by molar-refractivity contribution is -0.384. The first-order valence-electron chi connectivity index (χ1n) is 13.1. The summed E-state index contributed by atoms with van der Waals surface area (Å²) in [5.41, 5.74) is 5.52. The molecule has 1 aliphatic heterocycles. The number of allylic oxidation sites excluding steroid dienone is 2. The molecule has 1 unspecified atom stereocenters. The second-order valence-electron chi connectivity index (χ2n) is 10.5. The van der Waals surface area contributed by atoms with E-state index in [1.54, 1.807) is 12.1 Å². The van der Waals surface area contributed by atoms with E-state index < -0.39 is 0 Å². The number of H-pyrrole nitrogens is 1. The smallest absolute Gasteiger partial charge is 0.270 e. The number of nitro groups is 1. The van der Waals surface area contributed by atoms with Crippen LogP contribution in [0, 0.1) is 22.0 Å². The lowest BCUT2D eigenvalue weighted by atomic mass is 9.85. The normalized spacial score (nSPS) is 18.8. The van der Waals surface area contributed by atoms with Crippen LogP contribution in [0.1, 0.15) is 38.7 Å². The molecule has 1 atom stereocenters. The maximum atomic E-state index is 12.1. The van der Waals surface area contributed by atoms with Gasteiger partial charge in [0.2, 0.25) is 5.91 Å². The molecule has 2 N–H and O–H groups in total. The summed E-state index contributed by atoms with van der Waals surface area (Å²) in [5.74, 6) is 0.630. The molecule has 7 heteroatoms. The number of carbonyl (C=O) groups is 1. The van der Waals surface area contributed by atoms with Crippen molar-refractivity contribution in [2.45, 2.75) is 45.7 Å². The van der Waals surface area contributed by atoms with Crippen LogP contribution in [0.3, 0.4) is 0 Å². The van der Waals surface area contributed by atoms with Crippen molar-refractivity contribution < 1.29 is 9.72 Å². The number of hydrogen-bond acceptors (Lipinski definition) is 4. The number of likely N-dealkylation sites (tertiary alicyclic amines) is 1. The maximum absolute atomic E-state index is 12.1. The highest BCUT2D eigenvalue weighted by Gasteiger charge is 2.24. The van der Waals surface area contributed by atoms with Gasteiger partial charge in [-0.1, -0.05) is 62.4 Å². The largest absolute Gasteiger partial charge is 0.360 e. The van der Waals surface area contributed by atoms with Crippen LogP contribution in [0.2, 0.25) is 0 Å². The fraction of sp³-hybridized carbons (Fsp3) is 0.367. The molecule has 0 bridgehead atoms. The van der Waals surface area contributed by atoms with Crippen molar-refractivity contribution in [1.82, 2.24) is 15.2 Å². The average molecular weight is 499 g/mol. The molecular weight excluding hydrogens is 464 g/mol. The van der Waals surface area contributed by atoms with Crippen molar-refractivity contribution in [3.63, 3.8) is 0 Å². The Kier molecular flexibility index (Phi) is 7.24. The quantitative estimate of drug-likeness (QED) is 0.310. The predicted octanol–water partition coefficient (Wildman–Crippen LogP) is 5.98. The van der Waals surface area contributed by atoms with E-state index in [1.807, 2.05) is 32.0 Å². The Morgan fingerprint density at radius 2 is 1.97 bits per heavy atom. The molecule has 0 saturated carbocycles. The van der Waals surface area contributed by atoms with Crippen LogP contribution >= 0.6 is 0 Å². The lowest BCUT2D eigenvalue weighted by Gasteiger charge is -2.33. The van der Waals surface area contributed by atoms with Crippen LogP contribution in [-0.2, 0) is 11.3 Å². The Morgan fingerprint density at radius 1 is 1.19 bits per heavy atom. The number of aromatic nitrogens is 1. The number of non-ortho nitro benzene ring substituents is 1. The Morgan fingerprint density at radius 3 is 2.73 bits per heavy atom. The van der Waals surface area contributed by atoms with Gasteiger partial charge in [-0.15, -0.1) is 0 Å². The molecule has 37 heavy (non-hydrogen) atoms. The lowest BCUT2D eigenvalue weighted by Crippen LogP contribution is -2.38. The van der Waals surface area contributed by atoms with E-state index in [1.165, 1.54) is 17.2 Å². The fourth-order valence-corrected chi connectivity index (χ4v) is 5.46. The van der Waals surface area contributed by atoms with Gasteiger partial charge in [-0.2, -0.15) is 0 Å². The second-order valence-corrected chi connectivity index (χ2v) is 10.5. The van der Waals surface area contributed by atoms with E-state index in [0.717, 1.165) is 60.9 Å². The van der Waals surface area contributed by atoms with E-state index >= 15 is 0 Å². The van der Waals surface area contributed by atoms with Crippen LogP contribution in [-0.4, -0.2) is 39.8 Å². The van der Waals surface area contributed by atoms with E-state index in [2.05, 4.69) is 45.7 Å². The molecule has 3 aromatic rings. The summed E-state index contributed by atoms with van der Waals surface area (Å²) in [6.45, 7) is 6.77. The number of nitrogens with one attached hydrogen (secondary N) is 2. The molecule has 2 aliphatic rings. The molecule has 5 rings (SSSR count). The summed E-state index contributed by atoms with van der Waals surface area (Å²) in [6, 6.07) is 13.1. The van der Waals surface area contributed by atoms with Gasteiger partial charge in [0, 0.05) is 41.7 Å². The molecule has 7 nitrogen and oxygen atoms in total. The van der Waals surface area contributed by atoms with Crippen molar-refractivity contribution in [3.8, 4) is 11.1 Å². The number of amides is 1. The number of fused-ring (bicyclic) bond motifs is 1. The number of rotatable bonds is 7. The van der Waals surface area contributed by atoms with Gasteiger partial charge in [0.05, 0.1) is 16.5 Å². The maximum Gasteiger partial charge on any atom is 0.270 e. The average Bonchev–Trinajstić information content (AvgIpc) is 3.32. The SMILES string of the molecule is CC(C)C(=O)NC1C=C(C2CCN(Cc3c[nH]c4c(-c5cccc([N+](=O)[O-])c5)cccc34)CC2)C=CC1. The van der Waals surface area contributed by atoms with E-state index in [-0.39, 0.29) is 28.5 Å². The topological polar surface area (TPSA) is 91.3 Å². The Balaban J connectivity index is 1.25. The molecule has 1 aromatic heterocycles. The van der Waals surface area contributed by atoms with Gasteiger partial charge in [0.15, 0.2) is 0 Å². The van der Waals surface area contributed by atoms with Crippen LogP contribution < -0.4 is 5.32 Å². The van der Waals surface area contributed by atoms with Crippen molar-refractivity contribution in [1.29, 1.82) is 0 Å². The van der Waals surface area contributed by atoms with E-state index in [0.29, 0.717) is 5.92 Å². The molecule has 0 spiro atoms. The predicted molar refractivity (Wildman–Crippen MR) is 147 cm³/mol. The molecule has 1 saturated heterocycles. The molecule has 1 aliphatic carbocycles. The third-order valence-electron chi connectivity index (χ3n) is 7.57. The van der Waals surface area contributed by atoms with Crippen molar-refractivity contribution in [2.75, 3.05) is 13.1 Å². The van der Waals surface area contributed by atoms with E-state index in [4.69, 9.17) is 0 Å². The van der Waals surface area contributed by atoms with Crippen LogP contribution in [0.15, 0.2) is 72.5 Å². The fourth-order valence-electron chi connectivity index (χ4n) is 5.46. The third kappa shape index (κ3) is 5.52. The molecule has 2 heterocycles. The molecule has 0 radical (unpaired) electrons. The minimum absolute atomic E-state index is 0.00204. The van der Waals surface area contributed by atoms with Gasteiger partial charge in [0.1, 0.15) is 0 Å². The standard InChI is InChI=1S/C30H34N4O3/c1-20(2)30(35)32-25-8-3-6-22(16-25)21-12-14-33(15-13-21)19-24-18-31-29-27(10-5-11-28(24)29)23-7-4-9-26(17-23)34(36)37/h3-7,9-11,16-18,20-21,25,31H,8,12-15,19H2,1-2H3,(H,32,35). The zero-order valence-corrected chi connectivity index (χ0v) is 21.4. The van der Waals surface area contributed by atoms with Gasteiger partial charge in [-0.05, 0) is 55.0 Å². The van der Waals surface area contributed by atoms with Crippen molar-refractivity contribution >= 4 is 22.5 Å². The Labute approximate surface area is 217 Å². The zero-order chi connectivity index (χ0) is 25.9. The summed E-state index contributed by atoms with van der Waals surface area (Å²) >= 11 is 0. The molecule has 1 fully saturated rings. The molecule has 2 aromatic carbocycles. The second kappa shape index (κ2) is 10.7. The first-order chi connectivity index (χ1) is 17.9. The number of nitro benzene ring substituents is 1. The minimum Gasteiger partial charge on any atom is -0.360 e. The first-order valence-corrected chi connectivity index (χ1v) is 13.1. The van der Waals surface area contributed by atoms with Crippen molar-refractivity contribution in [3.05, 3.63) is 88.1 Å². The first kappa shape index (κ1) is 25.0. The summed E-state index contributed by atoms with van der Waals surface area (Å²) < 4.78 is 0. The van der Waals surface area contributed by atoms with E-state index in [9.17, 15) is 14.9 Å². The molecule has 192 valence electrons. The van der Waals surface area contributed by atoms with Gasteiger partial charge >= 0.3 is 0 Å². The van der Waals surface area contributed by atoms with Gasteiger partial charge < -0.3 is 10.3 Å². The van der Waals surface area contributed by atoms with Crippen LogP contribution in [0.5, 0.6) is 0 Å². The Bertz CT molecular complexity index is 1360. The third-order valence-corrected chi connectivity index (χ3v) is 7.57. The number of aromatic amines is 1. The highest BCUT2D eigenvalue weighted by atomic mass is 16.6. The summed E-state index contributed by atoms with van der Waals surface area (Å²) in [6.07, 6.45) is 11.8. The molecular formula is C30H34N4O3. The molecule has 1 amide bonds. The number of hydrogen-bond donors (Lipinski definition) is 2. The van der Waals surface area contributed by atoms with Crippen LogP contribution in [0.4, 0.5) is 5.69 Å². The van der Waals surface area contributed by atoms with Gasteiger partial charge in [-0.25, -0.2) is 0 Å². The number of nitrogens with zero attached hydrogens (tertiary/aromatic N) is 2. The number of para-hydroxylation sites is 1. The number of benzene rings is 2. The summed E-state index contributed by atoms with van der Waals surface area (Å²) in [4.78, 5) is 29.0. The highest BCUT2D eigenvalue weighted by Crippen LogP contribution is 2.33. The van der Waals surface area contributed by atoms with Gasteiger partial charge in [-0.3, -0.25) is 19.8 Å². The monoisotopic (exact) mass is 498 g/mol. The number of piperidine rings is 1. The summed E-state index contributed by atoms with van der Waals surface area (Å²) in [7, 11) is 0. The highest BCUT2D eigenvalue weighted by molar-refractivity contribution is 5.96. The minimum atomic E-state index is -0.353. The van der Waals surface area contributed by atoms with Gasteiger partial charge in [0.25, 0.3) is 5.69 Å². The Hall–Kier alpha value is -3.71. The zero-order valence-electron chi connectivity index (χ0n) is 21.4. The summed E-state index contributed by atoms with van der Waals surface area (Å²) in [5, 5.41) is 15.6. The number of carbonyl (C=O) groups excluding carboxylic acids is 1. The van der Waals surface area contributed by atoms with Crippen molar-refractivity contribution in [2.24, 2.45) is 11.8 Å². The van der Waals surface area contributed by atoms with Crippen LogP contribution in [0.25, 0.3) is 22.0 Å².